The number of hydrogen-bond donors (Lipinski definition) is 1. The van der Waals surface area contributed by atoms with Crippen LogP contribution in [0.15, 0.2) is 47.4 Å². The summed E-state index contributed by atoms with van der Waals surface area (Å²) in [6.45, 7) is -0.446. The maximum atomic E-state index is 13.2. The maximum absolute atomic E-state index is 13.2. The van der Waals surface area contributed by atoms with E-state index in [2.05, 4.69) is 10.1 Å². The van der Waals surface area contributed by atoms with E-state index in [9.17, 15) is 22.0 Å². The van der Waals surface area contributed by atoms with Crippen molar-refractivity contribution in [1.82, 2.24) is 4.31 Å². The van der Waals surface area contributed by atoms with Crippen LogP contribution in [0, 0.1) is 6.92 Å². The second-order valence-electron chi connectivity index (χ2n) is 7.13. The molecule has 162 valence electrons. The molecule has 0 aromatic heterocycles. The molecule has 3 rings (SSSR count). The number of nitrogens with one attached hydrogen (secondary N) is 1. The molecule has 1 N–H and O–H groups in total. The number of rotatable bonds is 6. The Bertz CT molecular complexity index is 1000. The van der Waals surface area contributed by atoms with Gasteiger partial charge in [-0.15, -0.1) is 0 Å². The second kappa shape index (κ2) is 9.53. The molecular weight excluding hydrogens is 414 g/mol. The molecule has 0 radical (unpaired) electrons. The van der Waals surface area contributed by atoms with Gasteiger partial charge in [0.2, 0.25) is 10.0 Å². The van der Waals surface area contributed by atoms with Crippen molar-refractivity contribution in [3.8, 4) is 5.75 Å². The number of para-hydroxylation sites is 2. The third kappa shape index (κ3) is 5.14. The van der Waals surface area contributed by atoms with Crippen LogP contribution in [0.4, 0.5) is 14.5 Å². The lowest BCUT2D eigenvalue weighted by atomic mass is 10.1. The largest absolute Gasteiger partial charge is 0.433 e. The third-order valence-electron chi connectivity index (χ3n) is 4.98. The molecule has 0 spiro atoms. The fraction of sp³-hybridized carbons (Fsp3) is 0.381. The zero-order chi connectivity index (χ0) is 21.7. The molecular formula is C21H24F2N2O4S. The number of halogens is 2. The van der Waals surface area contributed by atoms with Gasteiger partial charge in [0.15, 0.2) is 0 Å². The minimum atomic E-state index is -3.74. The fourth-order valence-electron chi connectivity index (χ4n) is 3.40. The van der Waals surface area contributed by atoms with Gasteiger partial charge in [0.1, 0.15) is 5.75 Å². The monoisotopic (exact) mass is 438 g/mol. The molecule has 6 nitrogen and oxygen atoms in total. The zero-order valence-electron chi connectivity index (χ0n) is 16.6. The van der Waals surface area contributed by atoms with Gasteiger partial charge in [0, 0.05) is 18.7 Å². The first kappa shape index (κ1) is 22.2. The van der Waals surface area contributed by atoms with Crippen LogP contribution < -0.4 is 10.1 Å². The number of anilines is 1. The summed E-state index contributed by atoms with van der Waals surface area (Å²) in [5.41, 5.74) is 0.721. The van der Waals surface area contributed by atoms with Crippen LogP contribution in [0.25, 0.3) is 0 Å². The van der Waals surface area contributed by atoms with Crippen LogP contribution in [0.3, 0.4) is 0 Å². The van der Waals surface area contributed by atoms with Crippen molar-refractivity contribution in [3.63, 3.8) is 0 Å². The smallest absolute Gasteiger partial charge is 0.387 e. The zero-order valence-corrected chi connectivity index (χ0v) is 17.4. The minimum absolute atomic E-state index is 0.0697. The highest BCUT2D eigenvalue weighted by Gasteiger charge is 2.27. The van der Waals surface area contributed by atoms with Gasteiger partial charge in [-0.2, -0.15) is 13.1 Å². The molecule has 0 aliphatic carbocycles. The minimum Gasteiger partial charge on any atom is -0.433 e. The number of ether oxygens (including phenoxy) is 1. The van der Waals surface area contributed by atoms with Crippen molar-refractivity contribution in [3.05, 3.63) is 53.6 Å². The first-order chi connectivity index (χ1) is 14.3. The average Bonchev–Trinajstić information content (AvgIpc) is 2.99. The highest BCUT2D eigenvalue weighted by atomic mass is 32.2. The van der Waals surface area contributed by atoms with Gasteiger partial charge < -0.3 is 10.1 Å². The number of alkyl halides is 2. The van der Waals surface area contributed by atoms with E-state index in [1.54, 1.807) is 19.1 Å². The number of carbonyl (C=O) groups excluding carboxylic acids is 1. The number of aryl methyl sites for hydroxylation is 1. The summed E-state index contributed by atoms with van der Waals surface area (Å²) >= 11 is 0. The number of amides is 1. The summed E-state index contributed by atoms with van der Waals surface area (Å²) in [5.74, 6) is -0.794. The van der Waals surface area contributed by atoms with Gasteiger partial charge in [0.05, 0.1) is 10.6 Å². The van der Waals surface area contributed by atoms with Crippen molar-refractivity contribution in [2.75, 3.05) is 18.4 Å². The normalized spacial score (nSPS) is 15.6. The molecule has 9 heteroatoms. The van der Waals surface area contributed by atoms with Gasteiger partial charge >= 0.3 is 6.61 Å². The summed E-state index contributed by atoms with van der Waals surface area (Å²) in [7, 11) is -3.74. The van der Waals surface area contributed by atoms with Gasteiger partial charge in [-0.3, -0.25) is 4.79 Å². The van der Waals surface area contributed by atoms with Crippen LogP contribution in [0.1, 0.15) is 41.6 Å². The lowest BCUT2D eigenvalue weighted by molar-refractivity contribution is -0.0493. The van der Waals surface area contributed by atoms with Gasteiger partial charge in [-0.1, -0.05) is 31.0 Å². The van der Waals surface area contributed by atoms with E-state index in [-0.39, 0.29) is 21.9 Å². The molecule has 1 fully saturated rings. The quantitative estimate of drug-likeness (QED) is 0.725. The first-order valence-corrected chi connectivity index (χ1v) is 11.2. The predicted molar refractivity (Wildman–Crippen MR) is 109 cm³/mol. The molecule has 0 saturated carbocycles. The van der Waals surface area contributed by atoms with Crippen molar-refractivity contribution >= 4 is 21.6 Å². The molecule has 2 aromatic rings. The summed E-state index contributed by atoms with van der Waals surface area (Å²) in [5, 5.41) is 2.51. The molecule has 0 atom stereocenters. The highest BCUT2D eigenvalue weighted by molar-refractivity contribution is 7.89. The molecule has 1 amide bonds. The van der Waals surface area contributed by atoms with Crippen LogP contribution in [0.2, 0.25) is 0 Å². The topological polar surface area (TPSA) is 75.7 Å². The van der Waals surface area contributed by atoms with Crippen molar-refractivity contribution in [2.45, 2.75) is 44.1 Å². The molecule has 0 bridgehead atoms. The summed E-state index contributed by atoms with van der Waals surface area (Å²) in [6, 6.07) is 10.2. The number of benzene rings is 2. The number of carbonyl (C=O) groups is 1. The fourth-order valence-corrected chi connectivity index (χ4v) is 5.17. The third-order valence-corrected chi connectivity index (χ3v) is 7.03. The van der Waals surface area contributed by atoms with E-state index in [1.807, 2.05) is 0 Å². The Balaban J connectivity index is 1.87. The van der Waals surface area contributed by atoms with Crippen LogP contribution in [-0.2, 0) is 10.0 Å². The van der Waals surface area contributed by atoms with E-state index < -0.39 is 22.5 Å². The molecule has 1 saturated heterocycles. The standard InChI is InChI=1S/C21H24F2N2O4S/c1-15-10-11-16(14-19(15)30(27,28)25-12-6-2-3-7-13-25)20(26)24-17-8-4-5-9-18(17)29-21(22)23/h4-5,8-11,14,21H,2-3,6-7,12-13H2,1H3,(H,24,26). The summed E-state index contributed by atoms with van der Waals surface area (Å²) < 4.78 is 57.4. The Morgan fingerprint density at radius 1 is 1.07 bits per heavy atom. The Kier molecular flexibility index (Phi) is 7.04. The van der Waals surface area contributed by atoms with E-state index in [4.69, 9.17) is 0 Å². The van der Waals surface area contributed by atoms with E-state index in [0.29, 0.717) is 18.7 Å². The summed E-state index contributed by atoms with van der Waals surface area (Å²) in [6.07, 6.45) is 3.60. The molecule has 1 aliphatic heterocycles. The summed E-state index contributed by atoms with van der Waals surface area (Å²) in [4.78, 5) is 12.8. The highest BCUT2D eigenvalue weighted by Crippen LogP contribution is 2.28. The average molecular weight is 438 g/mol. The Morgan fingerprint density at radius 3 is 2.40 bits per heavy atom. The molecule has 30 heavy (non-hydrogen) atoms. The van der Waals surface area contributed by atoms with E-state index in [1.165, 1.54) is 34.6 Å². The molecule has 1 heterocycles. The Hall–Kier alpha value is -2.52. The first-order valence-electron chi connectivity index (χ1n) is 9.75. The van der Waals surface area contributed by atoms with Crippen LogP contribution >= 0.6 is 0 Å². The maximum Gasteiger partial charge on any atom is 0.387 e. The Morgan fingerprint density at radius 2 is 1.73 bits per heavy atom. The molecule has 0 unspecified atom stereocenters. The predicted octanol–water partition coefficient (Wildman–Crippen LogP) is 4.41. The number of hydrogen-bond acceptors (Lipinski definition) is 4. The van der Waals surface area contributed by atoms with Crippen molar-refractivity contribution in [1.29, 1.82) is 0 Å². The molecule has 1 aliphatic rings. The van der Waals surface area contributed by atoms with Crippen LogP contribution in [0.5, 0.6) is 5.75 Å². The van der Waals surface area contributed by atoms with Crippen LogP contribution in [-0.4, -0.2) is 38.3 Å². The Labute approximate surface area is 174 Å². The SMILES string of the molecule is Cc1ccc(C(=O)Nc2ccccc2OC(F)F)cc1S(=O)(=O)N1CCCCCC1. The number of nitrogens with zero attached hydrogens (tertiary/aromatic N) is 1. The van der Waals surface area contributed by atoms with Crippen molar-refractivity contribution in [2.24, 2.45) is 0 Å². The van der Waals surface area contributed by atoms with Crippen molar-refractivity contribution < 1.29 is 26.7 Å². The van der Waals surface area contributed by atoms with E-state index >= 15 is 0 Å². The van der Waals surface area contributed by atoms with Gasteiger partial charge in [-0.25, -0.2) is 8.42 Å². The second-order valence-corrected chi connectivity index (χ2v) is 9.03. The molecule has 2 aromatic carbocycles. The lowest BCUT2D eigenvalue weighted by Crippen LogP contribution is -2.32. The van der Waals surface area contributed by atoms with E-state index in [0.717, 1.165) is 25.7 Å². The van der Waals surface area contributed by atoms with Gasteiger partial charge in [0.25, 0.3) is 5.91 Å². The van der Waals surface area contributed by atoms with Gasteiger partial charge in [-0.05, 0) is 49.6 Å². The lowest BCUT2D eigenvalue weighted by Gasteiger charge is -2.21. The number of sulfonamides is 1.